The number of carbonyl (C=O) groups excluding carboxylic acids is 1. The van der Waals surface area contributed by atoms with Crippen molar-refractivity contribution in [3.63, 3.8) is 0 Å². The SMILES string of the molecule is O=C(/N=c1\ccc(C(F)(F)F)cn1CC1CC1)c1cccc(C(F)(F)F)c1. The van der Waals surface area contributed by atoms with Crippen molar-refractivity contribution in [3.8, 4) is 0 Å². The molecule has 0 radical (unpaired) electrons. The molecule has 1 aromatic heterocycles. The van der Waals surface area contributed by atoms with Crippen LogP contribution in [0, 0.1) is 5.92 Å². The van der Waals surface area contributed by atoms with Gasteiger partial charge < -0.3 is 4.57 Å². The van der Waals surface area contributed by atoms with Gasteiger partial charge in [0.25, 0.3) is 5.91 Å². The fraction of sp³-hybridized carbons (Fsp3) is 0.333. The molecule has 1 fully saturated rings. The molecule has 1 amide bonds. The molecule has 1 aromatic carbocycles. The number of benzene rings is 1. The summed E-state index contributed by atoms with van der Waals surface area (Å²) in [6.07, 6.45) is -6.56. The van der Waals surface area contributed by atoms with Crippen LogP contribution in [-0.2, 0) is 18.9 Å². The molecule has 0 saturated heterocycles. The maximum atomic E-state index is 12.9. The Kier molecular flexibility index (Phi) is 4.88. The molecule has 144 valence electrons. The van der Waals surface area contributed by atoms with Gasteiger partial charge in [0.05, 0.1) is 11.1 Å². The Morgan fingerprint density at radius 3 is 2.26 bits per heavy atom. The normalized spacial score (nSPS) is 15.9. The molecule has 2 aromatic rings. The molecular weight excluding hydrogens is 374 g/mol. The average Bonchev–Trinajstić information content (AvgIpc) is 3.39. The van der Waals surface area contributed by atoms with Crippen molar-refractivity contribution in [1.82, 2.24) is 4.57 Å². The number of pyridine rings is 1. The third-order valence-electron chi connectivity index (χ3n) is 4.13. The zero-order valence-corrected chi connectivity index (χ0v) is 13.8. The van der Waals surface area contributed by atoms with Gasteiger partial charge in [0.2, 0.25) is 0 Å². The Bertz CT molecular complexity index is 922. The summed E-state index contributed by atoms with van der Waals surface area (Å²) in [5.41, 5.74) is -2.20. The van der Waals surface area contributed by atoms with Gasteiger partial charge in [0, 0.05) is 18.3 Å². The first-order chi connectivity index (χ1) is 12.5. The molecule has 0 unspecified atom stereocenters. The van der Waals surface area contributed by atoms with Crippen LogP contribution in [0.3, 0.4) is 0 Å². The van der Waals surface area contributed by atoms with Crippen molar-refractivity contribution < 1.29 is 31.1 Å². The van der Waals surface area contributed by atoms with Crippen LogP contribution in [0.5, 0.6) is 0 Å². The van der Waals surface area contributed by atoms with Gasteiger partial charge in [-0.3, -0.25) is 4.79 Å². The molecule has 1 aliphatic rings. The molecule has 1 heterocycles. The third-order valence-corrected chi connectivity index (χ3v) is 4.13. The molecule has 0 aliphatic heterocycles. The van der Waals surface area contributed by atoms with E-state index in [-0.39, 0.29) is 23.5 Å². The largest absolute Gasteiger partial charge is 0.417 e. The smallest absolute Gasteiger partial charge is 0.332 e. The minimum atomic E-state index is -4.61. The summed E-state index contributed by atoms with van der Waals surface area (Å²) >= 11 is 0. The summed E-state index contributed by atoms with van der Waals surface area (Å²) in [7, 11) is 0. The van der Waals surface area contributed by atoms with Crippen LogP contribution in [0.2, 0.25) is 0 Å². The highest BCUT2D eigenvalue weighted by Crippen LogP contribution is 2.32. The van der Waals surface area contributed by atoms with Gasteiger partial charge in [-0.05, 0) is 49.1 Å². The van der Waals surface area contributed by atoms with E-state index >= 15 is 0 Å². The molecule has 3 nitrogen and oxygen atoms in total. The van der Waals surface area contributed by atoms with E-state index in [2.05, 4.69) is 4.99 Å². The second kappa shape index (κ2) is 6.86. The zero-order chi connectivity index (χ0) is 19.8. The average molecular weight is 388 g/mol. The fourth-order valence-electron chi connectivity index (χ4n) is 2.53. The molecule has 1 aliphatic carbocycles. The Hall–Kier alpha value is -2.58. The van der Waals surface area contributed by atoms with E-state index in [9.17, 15) is 31.1 Å². The number of nitrogens with zero attached hydrogens (tertiary/aromatic N) is 2. The lowest BCUT2D eigenvalue weighted by atomic mass is 10.1. The van der Waals surface area contributed by atoms with E-state index in [1.165, 1.54) is 10.6 Å². The summed E-state index contributed by atoms with van der Waals surface area (Å²) in [5, 5.41) is 0. The first-order valence-corrected chi connectivity index (χ1v) is 8.08. The number of halogens is 6. The maximum Gasteiger partial charge on any atom is 0.417 e. The zero-order valence-electron chi connectivity index (χ0n) is 13.8. The Balaban J connectivity index is 1.99. The van der Waals surface area contributed by atoms with Crippen molar-refractivity contribution in [2.24, 2.45) is 10.9 Å². The number of hydrogen-bond acceptors (Lipinski definition) is 1. The van der Waals surface area contributed by atoms with Gasteiger partial charge in [-0.1, -0.05) is 6.07 Å². The minimum Gasteiger partial charge on any atom is -0.332 e. The number of hydrogen-bond donors (Lipinski definition) is 0. The molecule has 0 spiro atoms. The molecule has 9 heteroatoms. The maximum absolute atomic E-state index is 12.9. The standard InChI is InChI=1S/C18H14F6N2O/c19-17(20,21)13-3-1-2-12(8-13)16(27)25-15-7-6-14(18(22,23)24)10-26(15)9-11-4-5-11/h1-3,6-8,10-11H,4-5,9H2/b25-15+. The van der Waals surface area contributed by atoms with Crippen molar-refractivity contribution in [1.29, 1.82) is 0 Å². The number of rotatable bonds is 3. The lowest BCUT2D eigenvalue weighted by molar-refractivity contribution is -0.138. The first kappa shape index (κ1) is 19.2. The highest BCUT2D eigenvalue weighted by atomic mass is 19.4. The van der Waals surface area contributed by atoms with Crippen molar-refractivity contribution in [3.05, 3.63) is 64.8 Å². The molecule has 1 saturated carbocycles. The second-order valence-corrected chi connectivity index (χ2v) is 6.36. The predicted octanol–water partition coefficient (Wildman–Crippen LogP) is 4.68. The van der Waals surface area contributed by atoms with Gasteiger partial charge in [0.1, 0.15) is 5.49 Å². The Labute approximate surface area is 150 Å². The second-order valence-electron chi connectivity index (χ2n) is 6.36. The Morgan fingerprint density at radius 1 is 1.00 bits per heavy atom. The van der Waals surface area contributed by atoms with Gasteiger partial charge in [-0.2, -0.15) is 31.3 Å². The first-order valence-electron chi connectivity index (χ1n) is 8.08. The van der Waals surface area contributed by atoms with Crippen LogP contribution in [0.1, 0.15) is 34.3 Å². The van der Waals surface area contributed by atoms with E-state index in [1.807, 2.05) is 0 Å². The van der Waals surface area contributed by atoms with Crippen LogP contribution in [0.4, 0.5) is 26.3 Å². The molecule has 3 rings (SSSR count). The highest BCUT2D eigenvalue weighted by Gasteiger charge is 2.32. The van der Waals surface area contributed by atoms with E-state index in [1.54, 1.807) is 0 Å². The van der Waals surface area contributed by atoms with Crippen LogP contribution in [-0.4, -0.2) is 10.5 Å². The molecular formula is C18H14F6N2O. The summed E-state index contributed by atoms with van der Waals surface area (Å²) in [6.45, 7) is 0.263. The minimum absolute atomic E-state index is 0.0303. The Morgan fingerprint density at radius 2 is 1.67 bits per heavy atom. The summed E-state index contributed by atoms with van der Waals surface area (Å²) in [5.74, 6) is -0.749. The van der Waals surface area contributed by atoms with Gasteiger partial charge in [0.15, 0.2) is 0 Å². The topological polar surface area (TPSA) is 34.4 Å². The third kappa shape index (κ3) is 4.78. The highest BCUT2D eigenvalue weighted by molar-refractivity contribution is 5.95. The summed E-state index contributed by atoms with van der Waals surface area (Å²) in [6, 6.07) is 5.59. The van der Waals surface area contributed by atoms with E-state index in [0.717, 1.165) is 43.3 Å². The van der Waals surface area contributed by atoms with E-state index < -0.39 is 29.4 Å². The fourth-order valence-corrected chi connectivity index (χ4v) is 2.53. The van der Waals surface area contributed by atoms with Crippen molar-refractivity contribution >= 4 is 5.91 Å². The van der Waals surface area contributed by atoms with Gasteiger partial charge >= 0.3 is 12.4 Å². The lowest BCUT2D eigenvalue weighted by Crippen LogP contribution is -2.25. The van der Waals surface area contributed by atoms with E-state index in [4.69, 9.17) is 0 Å². The number of aromatic nitrogens is 1. The van der Waals surface area contributed by atoms with Crippen molar-refractivity contribution in [2.45, 2.75) is 31.7 Å². The van der Waals surface area contributed by atoms with Crippen LogP contribution >= 0.6 is 0 Å². The number of alkyl halides is 6. The lowest BCUT2D eigenvalue weighted by Gasteiger charge is -2.12. The van der Waals surface area contributed by atoms with Crippen molar-refractivity contribution in [2.75, 3.05) is 0 Å². The number of amides is 1. The molecule has 0 atom stereocenters. The monoisotopic (exact) mass is 388 g/mol. The van der Waals surface area contributed by atoms with Gasteiger partial charge in [-0.15, -0.1) is 0 Å². The molecule has 27 heavy (non-hydrogen) atoms. The number of carbonyl (C=O) groups is 1. The quantitative estimate of drug-likeness (QED) is 0.704. The van der Waals surface area contributed by atoms with Crippen LogP contribution in [0.25, 0.3) is 0 Å². The van der Waals surface area contributed by atoms with E-state index in [0.29, 0.717) is 6.07 Å². The predicted molar refractivity (Wildman–Crippen MR) is 83.5 cm³/mol. The molecule has 0 N–H and O–H groups in total. The summed E-state index contributed by atoms with van der Waals surface area (Å²) < 4.78 is 78.3. The van der Waals surface area contributed by atoms with Gasteiger partial charge in [-0.25, -0.2) is 0 Å². The van der Waals surface area contributed by atoms with Crippen LogP contribution in [0.15, 0.2) is 47.6 Å². The summed E-state index contributed by atoms with van der Waals surface area (Å²) in [4.78, 5) is 16.0. The van der Waals surface area contributed by atoms with Crippen LogP contribution < -0.4 is 5.49 Å². The molecule has 0 bridgehead atoms.